The fourth-order valence-electron chi connectivity index (χ4n) is 3.22. The van der Waals surface area contributed by atoms with Crippen LogP contribution in [0.5, 0.6) is 0 Å². The smallest absolute Gasteiger partial charge is 0.306 e. The molecule has 2 rings (SSSR count). The molecule has 1 fully saturated rings. The number of rotatable bonds is 6. The van der Waals surface area contributed by atoms with Crippen LogP contribution in [0.4, 0.5) is 0 Å². The van der Waals surface area contributed by atoms with Crippen molar-refractivity contribution in [3.8, 4) is 0 Å². The molecule has 0 spiro atoms. The second-order valence-corrected chi connectivity index (χ2v) is 7.31. The Bertz CT molecular complexity index is 548. The average molecular weight is 329 g/mol. The summed E-state index contributed by atoms with van der Waals surface area (Å²) in [7, 11) is 0. The quantitative estimate of drug-likeness (QED) is 0.578. The number of likely N-dealkylation sites (tertiary alicyclic amines) is 1. The number of allylic oxidation sites excluding steroid dienone is 1. The van der Waals surface area contributed by atoms with E-state index in [1.54, 1.807) is 0 Å². The molecule has 0 radical (unpaired) electrons. The predicted octanol–water partition coefficient (Wildman–Crippen LogP) is 4.23. The minimum absolute atomic E-state index is 0.0474. The van der Waals surface area contributed by atoms with Crippen LogP contribution in [0.15, 0.2) is 42.0 Å². The Labute approximate surface area is 146 Å². The lowest BCUT2D eigenvalue weighted by atomic mass is 9.91. The van der Waals surface area contributed by atoms with E-state index >= 15 is 0 Å². The van der Waals surface area contributed by atoms with E-state index in [4.69, 9.17) is 4.74 Å². The first-order valence-electron chi connectivity index (χ1n) is 9.06. The third-order valence-electron chi connectivity index (χ3n) is 4.83. The summed E-state index contributed by atoms with van der Waals surface area (Å²) in [5, 5.41) is 0. The van der Waals surface area contributed by atoms with E-state index in [1.807, 2.05) is 18.2 Å². The molecule has 3 nitrogen and oxygen atoms in total. The number of benzene rings is 1. The molecule has 132 valence electrons. The molecule has 0 amide bonds. The maximum absolute atomic E-state index is 12.2. The lowest BCUT2D eigenvalue weighted by molar-refractivity contribution is -0.155. The standard InChI is InChI=1S/C21H31NO2/c1-16(2)12-13-22-15-17(3)20(14-18(22)4)24-21(23)11-10-19-8-6-5-7-9-19/h5-9,12,17-18,20H,10-11,13-15H2,1-4H3. The number of piperidine rings is 1. The zero-order valence-electron chi connectivity index (χ0n) is 15.5. The van der Waals surface area contributed by atoms with E-state index in [2.05, 4.69) is 50.8 Å². The van der Waals surface area contributed by atoms with Gasteiger partial charge in [-0.15, -0.1) is 0 Å². The summed E-state index contributed by atoms with van der Waals surface area (Å²) in [6.07, 6.45) is 4.46. The van der Waals surface area contributed by atoms with Crippen molar-refractivity contribution < 1.29 is 9.53 Å². The highest BCUT2D eigenvalue weighted by Gasteiger charge is 2.32. The molecular formula is C21H31NO2. The van der Waals surface area contributed by atoms with Crippen molar-refractivity contribution in [2.75, 3.05) is 13.1 Å². The van der Waals surface area contributed by atoms with Gasteiger partial charge in [-0.2, -0.15) is 0 Å². The molecule has 3 unspecified atom stereocenters. The molecule has 1 aliphatic heterocycles. The van der Waals surface area contributed by atoms with Crippen molar-refractivity contribution in [3.63, 3.8) is 0 Å². The predicted molar refractivity (Wildman–Crippen MR) is 98.9 cm³/mol. The number of carbonyl (C=O) groups excluding carboxylic acids is 1. The van der Waals surface area contributed by atoms with E-state index in [0.29, 0.717) is 18.4 Å². The fourth-order valence-corrected chi connectivity index (χ4v) is 3.22. The van der Waals surface area contributed by atoms with Crippen LogP contribution < -0.4 is 0 Å². The van der Waals surface area contributed by atoms with Crippen LogP contribution in [0.3, 0.4) is 0 Å². The zero-order valence-corrected chi connectivity index (χ0v) is 15.5. The first kappa shape index (κ1) is 18.7. The van der Waals surface area contributed by atoms with Crippen LogP contribution in [-0.4, -0.2) is 36.1 Å². The Kier molecular flexibility index (Phi) is 7.04. The van der Waals surface area contributed by atoms with Crippen LogP contribution in [-0.2, 0) is 16.0 Å². The Balaban J connectivity index is 1.80. The molecule has 24 heavy (non-hydrogen) atoms. The van der Waals surface area contributed by atoms with E-state index < -0.39 is 0 Å². The monoisotopic (exact) mass is 329 g/mol. The van der Waals surface area contributed by atoms with Gasteiger partial charge < -0.3 is 4.74 Å². The molecule has 0 aromatic heterocycles. The number of nitrogens with zero attached hydrogens (tertiary/aromatic N) is 1. The number of aryl methyl sites for hydroxylation is 1. The van der Waals surface area contributed by atoms with Crippen LogP contribution in [0.2, 0.25) is 0 Å². The third kappa shape index (κ3) is 5.79. The number of hydrogen-bond acceptors (Lipinski definition) is 3. The Hall–Kier alpha value is -1.61. The van der Waals surface area contributed by atoms with Gasteiger partial charge in [0.15, 0.2) is 0 Å². The van der Waals surface area contributed by atoms with Crippen molar-refractivity contribution >= 4 is 5.97 Å². The molecule has 3 heteroatoms. The number of carbonyl (C=O) groups is 1. The highest BCUT2D eigenvalue weighted by atomic mass is 16.5. The first-order chi connectivity index (χ1) is 11.5. The summed E-state index contributed by atoms with van der Waals surface area (Å²) < 4.78 is 5.79. The summed E-state index contributed by atoms with van der Waals surface area (Å²) in [6, 6.07) is 10.6. The molecule has 1 aromatic rings. The normalized spacial score (nSPS) is 24.4. The van der Waals surface area contributed by atoms with Crippen molar-refractivity contribution in [1.29, 1.82) is 0 Å². The van der Waals surface area contributed by atoms with Gasteiger partial charge in [-0.3, -0.25) is 9.69 Å². The van der Waals surface area contributed by atoms with Crippen LogP contribution >= 0.6 is 0 Å². The molecule has 0 aliphatic carbocycles. The maximum Gasteiger partial charge on any atom is 0.306 e. The minimum Gasteiger partial charge on any atom is -0.462 e. The first-order valence-corrected chi connectivity index (χ1v) is 9.06. The molecule has 0 N–H and O–H groups in total. The van der Waals surface area contributed by atoms with Gasteiger partial charge in [-0.25, -0.2) is 0 Å². The molecule has 1 aromatic carbocycles. The Morgan fingerprint density at radius 3 is 2.62 bits per heavy atom. The average Bonchev–Trinajstić information content (AvgIpc) is 2.55. The Morgan fingerprint density at radius 1 is 1.25 bits per heavy atom. The highest BCUT2D eigenvalue weighted by Crippen LogP contribution is 2.25. The molecule has 1 heterocycles. The lowest BCUT2D eigenvalue weighted by Crippen LogP contribution is -2.48. The van der Waals surface area contributed by atoms with Crippen molar-refractivity contribution in [3.05, 3.63) is 47.5 Å². The second kappa shape index (κ2) is 9.03. The zero-order chi connectivity index (χ0) is 17.5. The number of esters is 1. The van der Waals surface area contributed by atoms with Gasteiger partial charge in [0, 0.05) is 31.5 Å². The van der Waals surface area contributed by atoms with Crippen LogP contribution in [0.25, 0.3) is 0 Å². The van der Waals surface area contributed by atoms with E-state index in [0.717, 1.165) is 25.9 Å². The van der Waals surface area contributed by atoms with Crippen LogP contribution in [0, 0.1) is 5.92 Å². The summed E-state index contributed by atoms with van der Waals surface area (Å²) in [6.45, 7) is 10.7. The molecule has 0 bridgehead atoms. The van der Waals surface area contributed by atoms with Crippen LogP contribution in [0.1, 0.15) is 46.1 Å². The second-order valence-electron chi connectivity index (χ2n) is 7.31. The summed E-state index contributed by atoms with van der Waals surface area (Å²) in [5.41, 5.74) is 2.54. The minimum atomic E-state index is -0.0688. The molecular weight excluding hydrogens is 298 g/mol. The largest absolute Gasteiger partial charge is 0.462 e. The molecule has 3 atom stereocenters. The molecule has 1 saturated heterocycles. The van der Waals surface area contributed by atoms with Gasteiger partial charge in [-0.1, -0.05) is 48.9 Å². The fraction of sp³-hybridized carbons (Fsp3) is 0.571. The Morgan fingerprint density at radius 2 is 1.96 bits per heavy atom. The van der Waals surface area contributed by atoms with E-state index in [-0.39, 0.29) is 12.1 Å². The van der Waals surface area contributed by atoms with Gasteiger partial charge in [-0.05, 0) is 39.2 Å². The summed E-state index contributed by atoms with van der Waals surface area (Å²) >= 11 is 0. The maximum atomic E-state index is 12.2. The van der Waals surface area contributed by atoms with Crippen molar-refractivity contribution in [2.45, 2.75) is 59.1 Å². The van der Waals surface area contributed by atoms with Gasteiger partial charge in [0.05, 0.1) is 0 Å². The van der Waals surface area contributed by atoms with Crippen molar-refractivity contribution in [2.24, 2.45) is 5.92 Å². The molecule has 0 saturated carbocycles. The lowest BCUT2D eigenvalue weighted by Gasteiger charge is -2.40. The highest BCUT2D eigenvalue weighted by molar-refractivity contribution is 5.70. The SMILES string of the molecule is CC(C)=CCN1CC(C)C(OC(=O)CCc2ccccc2)CC1C. The van der Waals surface area contributed by atoms with Crippen molar-refractivity contribution in [1.82, 2.24) is 4.90 Å². The summed E-state index contributed by atoms with van der Waals surface area (Å²) in [5.74, 6) is 0.313. The van der Waals surface area contributed by atoms with Gasteiger partial charge >= 0.3 is 5.97 Å². The topological polar surface area (TPSA) is 29.5 Å². The van der Waals surface area contributed by atoms with Gasteiger partial charge in [0.1, 0.15) is 6.10 Å². The van der Waals surface area contributed by atoms with Gasteiger partial charge in [0.2, 0.25) is 0 Å². The third-order valence-corrected chi connectivity index (χ3v) is 4.83. The van der Waals surface area contributed by atoms with E-state index in [1.165, 1.54) is 11.1 Å². The molecule has 1 aliphatic rings. The van der Waals surface area contributed by atoms with E-state index in [9.17, 15) is 4.79 Å². The number of hydrogen-bond donors (Lipinski definition) is 0. The van der Waals surface area contributed by atoms with Gasteiger partial charge in [0.25, 0.3) is 0 Å². The summed E-state index contributed by atoms with van der Waals surface area (Å²) in [4.78, 5) is 14.7. The number of ether oxygens (including phenoxy) is 1.